The lowest BCUT2D eigenvalue weighted by Gasteiger charge is -2.22. The number of pyridine rings is 1. The van der Waals surface area contributed by atoms with Crippen molar-refractivity contribution in [1.82, 2.24) is 50.3 Å². The van der Waals surface area contributed by atoms with Crippen molar-refractivity contribution in [2.24, 2.45) is 17.8 Å². The number of rotatable bonds is 14. The number of anilines is 1. The Morgan fingerprint density at radius 3 is 2.18 bits per heavy atom. The molecule has 10 rings (SSSR count). The molecule has 2 aliphatic heterocycles. The maximum atomic E-state index is 14.1. The fourth-order valence-corrected chi connectivity index (χ4v) is 9.36. The van der Waals surface area contributed by atoms with Gasteiger partial charge in [-0.1, -0.05) is 63.8 Å². The summed E-state index contributed by atoms with van der Waals surface area (Å²) in [4.78, 5) is 64.6. The standard InChI is InChI=1S/C23H24FN7O2.C23H21FN6O2S.C2H6.6H2/c24-16-3-1-2-14-7-18(28-21(14)16)23(33)29-17(6-13-4-5-13)22(32)30-19(8-25)20-11-26-9-15-10-27-12-31(15)20;24-16-3-1-2-13-7-18(28-21(13)16)23(32)29-17(6-12-4-5-12)22(31)30-19(8-25)14-9-26-11-20-15(14)10-27-33-20;1-2;;;;;;/h1-3,9-14,17-19,21,28H,4-7H2,(H,29,33)(H,30,32);1-3,9-12,17-19,28H,4-7H2,(H,29,32)(H,30,31);1-2H3;6*1H. The molecule has 0 bridgehead atoms. The molecule has 68 heavy (non-hydrogen) atoms. The summed E-state index contributed by atoms with van der Waals surface area (Å²) in [5.41, 5.74) is 2.81. The molecule has 8 atom stereocenters. The number of hydrogen-bond donors (Lipinski definition) is 6. The number of imidazole rings is 1. The Morgan fingerprint density at radius 2 is 1.51 bits per heavy atom. The molecule has 5 aromatic rings. The molecule has 0 spiro atoms. The molecule has 364 valence electrons. The van der Waals surface area contributed by atoms with Crippen LogP contribution >= 0.6 is 11.5 Å². The number of carbonyl (C=O) groups excluding carboxylic acids is 4. The lowest BCUT2D eigenvalue weighted by molar-refractivity contribution is -0.130. The highest BCUT2D eigenvalue weighted by Gasteiger charge is 2.41. The summed E-state index contributed by atoms with van der Waals surface area (Å²) in [6.07, 6.45) is 21.9. The number of nitriles is 2. The largest absolute Gasteiger partial charge is 0.371 e. The van der Waals surface area contributed by atoms with Crippen LogP contribution in [0.3, 0.4) is 0 Å². The molecule has 17 nitrogen and oxygen atoms in total. The lowest BCUT2D eigenvalue weighted by Crippen LogP contribution is -2.52. The number of fused-ring (bicyclic) bond motifs is 4. The fourth-order valence-electron chi connectivity index (χ4n) is 8.72. The molecule has 20 heteroatoms. The van der Waals surface area contributed by atoms with Crippen molar-refractivity contribution >= 4 is 56.5 Å². The highest BCUT2D eigenvalue weighted by atomic mass is 32.1. The van der Waals surface area contributed by atoms with E-state index in [4.69, 9.17) is 0 Å². The Kier molecular flexibility index (Phi) is 14.8. The minimum absolute atomic E-state index is 0. The third kappa shape index (κ3) is 10.8. The van der Waals surface area contributed by atoms with Gasteiger partial charge in [0, 0.05) is 50.4 Å². The highest BCUT2D eigenvalue weighted by Crippen LogP contribution is 2.36. The van der Waals surface area contributed by atoms with Crippen LogP contribution in [-0.4, -0.2) is 77.6 Å². The van der Waals surface area contributed by atoms with Gasteiger partial charge in [0.25, 0.3) is 0 Å². The number of halogens is 2. The first kappa shape index (κ1) is 47.3. The smallest absolute Gasteiger partial charge is 0.243 e. The Labute approximate surface area is 404 Å². The van der Waals surface area contributed by atoms with E-state index < -0.39 is 59.9 Å². The quantitative estimate of drug-likeness (QED) is 0.0673. The van der Waals surface area contributed by atoms with Crippen molar-refractivity contribution in [3.8, 4) is 12.1 Å². The first-order valence-corrected chi connectivity index (χ1v) is 23.6. The van der Waals surface area contributed by atoms with Crippen molar-refractivity contribution in [2.45, 2.75) is 108 Å². The average molecular weight is 956 g/mol. The van der Waals surface area contributed by atoms with E-state index in [0.29, 0.717) is 60.0 Å². The third-order valence-corrected chi connectivity index (χ3v) is 13.3. The summed E-state index contributed by atoms with van der Waals surface area (Å²) in [5, 5.41) is 37.4. The number of benzene rings is 1. The maximum absolute atomic E-state index is 14.1. The molecule has 1 aromatic carbocycles. The summed E-state index contributed by atoms with van der Waals surface area (Å²) in [6, 6.07) is 3.74. The molecule has 2 saturated carbocycles. The van der Waals surface area contributed by atoms with Crippen molar-refractivity contribution in [3.05, 3.63) is 108 Å². The summed E-state index contributed by atoms with van der Waals surface area (Å²) in [7, 11) is 0. The van der Waals surface area contributed by atoms with E-state index in [1.54, 1.807) is 59.9 Å². The average Bonchev–Trinajstić information content (AvgIpc) is 4.04. The van der Waals surface area contributed by atoms with Crippen LogP contribution in [0.1, 0.15) is 96.3 Å². The third-order valence-electron chi connectivity index (χ3n) is 12.6. The maximum Gasteiger partial charge on any atom is 0.243 e. The molecule has 0 radical (unpaired) electrons. The van der Waals surface area contributed by atoms with E-state index in [1.807, 2.05) is 19.9 Å². The molecule has 8 unspecified atom stereocenters. The van der Waals surface area contributed by atoms with E-state index in [9.17, 15) is 38.5 Å². The van der Waals surface area contributed by atoms with Gasteiger partial charge in [-0.25, -0.2) is 13.8 Å². The topological polar surface area (TPSA) is 244 Å². The normalized spacial score (nSPS) is 21.5. The Morgan fingerprint density at radius 1 is 0.853 bits per heavy atom. The molecule has 3 fully saturated rings. The number of hydrogen-bond acceptors (Lipinski definition) is 13. The predicted octanol–water partition coefficient (Wildman–Crippen LogP) is 6.80. The number of para-hydroxylation sites is 1. The minimum Gasteiger partial charge on any atom is -0.371 e. The van der Waals surface area contributed by atoms with Crippen LogP contribution in [0.4, 0.5) is 14.5 Å². The van der Waals surface area contributed by atoms with Crippen LogP contribution in [0.2, 0.25) is 0 Å². The summed E-state index contributed by atoms with van der Waals surface area (Å²) >= 11 is 1.26. The first-order chi connectivity index (χ1) is 33.1. The number of allylic oxidation sites excluding steroid dienone is 2. The van der Waals surface area contributed by atoms with Gasteiger partial charge < -0.3 is 26.6 Å². The fraction of sp³-hybridized carbons (Fsp3) is 0.417. The molecule has 4 aromatic heterocycles. The molecular formula is C48H63F2N13O4S. The number of carbonyl (C=O) groups is 4. The van der Waals surface area contributed by atoms with E-state index >= 15 is 0 Å². The second-order valence-electron chi connectivity index (χ2n) is 17.3. The number of aromatic nitrogens is 5. The summed E-state index contributed by atoms with van der Waals surface area (Å²) in [5.74, 6) is -1.62. The Hall–Kier alpha value is -7.16. The van der Waals surface area contributed by atoms with Crippen LogP contribution in [-0.2, 0) is 25.6 Å². The molecule has 6 N–H and O–H groups in total. The van der Waals surface area contributed by atoms with Gasteiger partial charge in [-0.3, -0.25) is 38.9 Å². The zero-order valence-electron chi connectivity index (χ0n) is 37.4. The predicted molar refractivity (Wildman–Crippen MR) is 261 cm³/mol. The molecule has 4 amide bonds. The molecule has 6 heterocycles. The Bertz CT molecular complexity index is 2860. The van der Waals surface area contributed by atoms with Crippen molar-refractivity contribution in [3.63, 3.8) is 0 Å². The summed E-state index contributed by atoms with van der Waals surface area (Å²) < 4.78 is 34.8. The molecular weight excluding hydrogens is 893 g/mol. The Balaban J connectivity index is 0.000000455. The number of nitrogens with zero attached hydrogens (tertiary/aromatic N) is 7. The van der Waals surface area contributed by atoms with Gasteiger partial charge in [0.05, 0.1) is 70.7 Å². The monoisotopic (exact) mass is 955 g/mol. The van der Waals surface area contributed by atoms with Crippen LogP contribution < -0.4 is 31.9 Å². The molecule has 3 aliphatic carbocycles. The van der Waals surface area contributed by atoms with Crippen LogP contribution in [0.5, 0.6) is 0 Å². The second kappa shape index (κ2) is 21.2. The zero-order valence-corrected chi connectivity index (χ0v) is 38.2. The molecule has 1 saturated heterocycles. The van der Waals surface area contributed by atoms with Gasteiger partial charge in [0.15, 0.2) is 6.04 Å². The van der Waals surface area contributed by atoms with E-state index in [0.717, 1.165) is 41.3 Å². The van der Waals surface area contributed by atoms with Gasteiger partial charge in [-0.05, 0) is 60.3 Å². The van der Waals surface area contributed by atoms with Crippen LogP contribution in [0, 0.1) is 46.2 Å². The lowest BCUT2D eigenvalue weighted by atomic mass is 9.94. The molecule has 5 aliphatic rings. The second-order valence-corrected chi connectivity index (χ2v) is 18.2. The van der Waals surface area contributed by atoms with Gasteiger partial charge in [-0.15, -0.1) is 0 Å². The van der Waals surface area contributed by atoms with E-state index in [1.165, 1.54) is 29.9 Å². The van der Waals surface area contributed by atoms with Crippen molar-refractivity contribution < 1.29 is 36.5 Å². The zero-order chi connectivity index (χ0) is 47.9. The SMILES string of the molecule is CC.N#CC(NC(=O)C(CC1CC1)NC(=O)C1CC2C=CC=C(F)C2N1)c1cncc2cncn12.N#CC(NC(=O)C(CC1CC1)NC(=O)C1Cc2cccc(F)c2N1)c1cncc2sncc12.[HH].[HH].[HH].[HH].[HH].[HH]. The summed E-state index contributed by atoms with van der Waals surface area (Å²) in [6.45, 7) is 4.00. The van der Waals surface area contributed by atoms with E-state index in [-0.39, 0.29) is 32.1 Å². The van der Waals surface area contributed by atoms with Crippen LogP contribution in [0.25, 0.3) is 15.6 Å². The van der Waals surface area contributed by atoms with Crippen LogP contribution in [0.15, 0.2) is 85.8 Å². The van der Waals surface area contributed by atoms with Gasteiger partial charge in [0.1, 0.15) is 35.8 Å². The van der Waals surface area contributed by atoms with Gasteiger partial charge in [-0.2, -0.15) is 14.9 Å². The highest BCUT2D eigenvalue weighted by molar-refractivity contribution is 7.13. The van der Waals surface area contributed by atoms with Crippen molar-refractivity contribution in [2.75, 3.05) is 5.32 Å². The van der Waals surface area contributed by atoms with Crippen molar-refractivity contribution in [1.29, 1.82) is 10.5 Å². The van der Waals surface area contributed by atoms with Gasteiger partial charge >= 0.3 is 0 Å². The first-order valence-electron chi connectivity index (χ1n) is 22.9. The number of nitrogens with one attached hydrogen (secondary N) is 6. The van der Waals surface area contributed by atoms with Gasteiger partial charge in [0.2, 0.25) is 23.6 Å². The number of amides is 4. The van der Waals surface area contributed by atoms with E-state index in [2.05, 4.69) is 63.4 Å². The minimum atomic E-state index is -0.960.